The van der Waals surface area contributed by atoms with Gasteiger partial charge in [-0.15, -0.1) is 11.3 Å². The Morgan fingerprint density at radius 3 is 2.84 bits per heavy atom. The second-order valence-corrected chi connectivity index (χ2v) is 7.20. The first-order valence-corrected chi connectivity index (χ1v) is 9.12. The van der Waals surface area contributed by atoms with Gasteiger partial charge in [0.2, 0.25) is 6.23 Å². The molecule has 2 aliphatic rings. The van der Waals surface area contributed by atoms with E-state index >= 15 is 0 Å². The zero-order valence-corrected chi connectivity index (χ0v) is 14.2. The molecule has 3 aromatic rings. The van der Waals surface area contributed by atoms with Crippen molar-refractivity contribution < 1.29 is 9.84 Å². The highest BCUT2D eigenvalue weighted by molar-refractivity contribution is 7.10. The number of aromatic hydroxyl groups is 1. The first-order valence-electron chi connectivity index (χ1n) is 8.24. The van der Waals surface area contributed by atoms with Gasteiger partial charge in [0.1, 0.15) is 11.5 Å². The molecule has 5 rings (SSSR count). The van der Waals surface area contributed by atoms with Crippen molar-refractivity contribution in [1.29, 1.82) is 0 Å². The van der Waals surface area contributed by atoms with Gasteiger partial charge in [0.15, 0.2) is 0 Å². The van der Waals surface area contributed by atoms with Crippen LogP contribution in [0.15, 0.2) is 71.1 Å². The smallest absolute Gasteiger partial charge is 0.222 e. The molecular formula is C20H16N2O2S. The summed E-state index contributed by atoms with van der Waals surface area (Å²) in [6.45, 7) is 0. The first-order chi connectivity index (χ1) is 12.3. The average molecular weight is 348 g/mol. The fourth-order valence-corrected chi connectivity index (χ4v) is 4.26. The van der Waals surface area contributed by atoms with E-state index in [1.54, 1.807) is 23.5 Å². The third-order valence-corrected chi connectivity index (χ3v) is 5.57. The Bertz CT molecular complexity index is 952. The van der Waals surface area contributed by atoms with Gasteiger partial charge in [-0.2, -0.15) is 5.10 Å². The summed E-state index contributed by atoms with van der Waals surface area (Å²) in [4.78, 5) is 1.14. The number of rotatable bonds is 2. The van der Waals surface area contributed by atoms with E-state index in [4.69, 9.17) is 9.84 Å². The van der Waals surface area contributed by atoms with Crippen LogP contribution in [0.1, 0.15) is 34.7 Å². The number of hydrogen-bond donors (Lipinski definition) is 1. The number of thiophene rings is 1. The largest absolute Gasteiger partial charge is 0.508 e. The third-order valence-electron chi connectivity index (χ3n) is 4.67. The molecule has 2 aliphatic heterocycles. The predicted molar refractivity (Wildman–Crippen MR) is 98.0 cm³/mol. The molecule has 124 valence electrons. The van der Waals surface area contributed by atoms with Crippen molar-refractivity contribution in [2.75, 3.05) is 0 Å². The van der Waals surface area contributed by atoms with Gasteiger partial charge >= 0.3 is 0 Å². The van der Waals surface area contributed by atoms with Gasteiger partial charge < -0.3 is 9.84 Å². The van der Waals surface area contributed by atoms with Crippen LogP contribution in [0, 0.1) is 0 Å². The predicted octanol–water partition coefficient (Wildman–Crippen LogP) is 4.70. The Hall–Kier alpha value is -2.79. The maximum atomic E-state index is 9.80. The van der Waals surface area contributed by atoms with Gasteiger partial charge in [0.05, 0.1) is 16.6 Å². The number of phenols is 1. The molecule has 0 amide bonds. The van der Waals surface area contributed by atoms with E-state index < -0.39 is 0 Å². The summed E-state index contributed by atoms with van der Waals surface area (Å²) in [5, 5.41) is 18.8. The number of nitrogens with zero attached hydrogens (tertiary/aromatic N) is 2. The van der Waals surface area contributed by atoms with Gasteiger partial charge in [0, 0.05) is 17.5 Å². The SMILES string of the molecule is Oc1cccc(C2=NN3[C@@H](C2)c2ccccc2O[C@H]3c2cccs2)c1. The minimum atomic E-state index is -0.213. The van der Waals surface area contributed by atoms with Crippen LogP contribution in [0.2, 0.25) is 0 Å². The molecule has 2 aromatic carbocycles. The lowest BCUT2D eigenvalue weighted by Gasteiger charge is -2.37. The Kier molecular flexibility index (Phi) is 3.28. The minimum Gasteiger partial charge on any atom is -0.508 e. The van der Waals surface area contributed by atoms with Crippen LogP contribution in [0.4, 0.5) is 0 Å². The summed E-state index contributed by atoms with van der Waals surface area (Å²) in [7, 11) is 0. The van der Waals surface area contributed by atoms with E-state index in [-0.39, 0.29) is 18.0 Å². The van der Waals surface area contributed by atoms with Crippen molar-refractivity contribution in [3.63, 3.8) is 0 Å². The van der Waals surface area contributed by atoms with Crippen LogP contribution in [0.25, 0.3) is 0 Å². The number of hydrogen-bond acceptors (Lipinski definition) is 5. The van der Waals surface area contributed by atoms with Crippen LogP contribution in [0.5, 0.6) is 11.5 Å². The van der Waals surface area contributed by atoms with E-state index in [2.05, 4.69) is 22.5 Å². The molecule has 0 bridgehead atoms. The molecule has 0 aliphatic carbocycles. The highest BCUT2D eigenvalue weighted by Crippen LogP contribution is 2.48. The lowest BCUT2D eigenvalue weighted by atomic mass is 9.96. The van der Waals surface area contributed by atoms with Crippen molar-refractivity contribution in [3.8, 4) is 11.5 Å². The van der Waals surface area contributed by atoms with Gasteiger partial charge in [-0.3, -0.25) is 0 Å². The summed E-state index contributed by atoms with van der Waals surface area (Å²) >= 11 is 1.68. The van der Waals surface area contributed by atoms with E-state index in [9.17, 15) is 5.11 Å². The third kappa shape index (κ3) is 2.39. The van der Waals surface area contributed by atoms with Gasteiger partial charge in [-0.25, -0.2) is 5.01 Å². The molecule has 0 fully saturated rings. The van der Waals surface area contributed by atoms with Crippen molar-refractivity contribution in [2.24, 2.45) is 5.10 Å². The topological polar surface area (TPSA) is 45.1 Å². The lowest BCUT2D eigenvalue weighted by Crippen LogP contribution is -2.33. The molecular weight excluding hydrogens is 332 g/mol. The molecule has 1 N–H and O–H groups in total. The Balaban J connectivity index is 1.60. The number of fused-ring (bicyclic) bond motifs is 3. The molecule has 25 heavy (non-hydrogen) atoms. The first kappa shape index (κ1) is 14.5. The van der Waals surface area contributed by atoms with Gasteiger partial charge in [-0.1, -0.05) is 36.4 Å². The monoisotopic (exact) mass is 348 g/mol. The lowest BCUT2D eigenvalue weighted by molar-refractivity contribution is -0.0165. The Labute approximate surface area is 149 Å². The summed E-state index contributed by atoms with van der Waals surface area (Å²) < 4.78 is 6.28. The van der Waals surface area contributed by atoms with Crippen LogP contribution < -0.4 is 4.74 Å². The highest BCUT2D eigenvalue weighted by atomic mass is 32.1. The summed E-state index contributed by atoms with van der Waals surface area (Å²) in [5.74, 6) is 1.19. The molecule has 1 aromatic heterocycles. The Morgan fingerprint density at radius 2 is 2.00 bits per heavy atom. The molecule has 2 atom stereocenters. The molecule has 3 heterocycles. The second-order valence-electron chi connectivity index (χ2n) is 6.22. The number of para-hydroxylation sites is 1. The van der Waals surface area contributed by atoms with E-state index in [0.29, 0.717) is 0 Å². The molecule has 5 heteroatoms. The van der Waals surface area contributed by atoms with Crippen LogP contribution >= 0.6 is 11.3 Å². The molecule has 0 unspecified atom stereocenters. The standard InChI is InChI=1S/C20H16N2O2S/c23-14-6-3-5-13(11-14)16-12-17-15-7-1-2-8-18(15)24-20(22(17)21-16)19-9-4-10-25-19/h1-11,17,20,23H,12H2/t17-,20-/m0/s1. The number of hydrazone groups is 1. The maximum Gasteiger partial charge on any atom is 0.222 e. The maximum absolute atomic E-state index is 9.80. The molecule has 0 radical (unpaired) electrons. The summed E-state index contributed by atoms with van der Waals surface area (Å²) in [5.41, 5.74) is 3.09. The quantitative estimate of drug-likeness (QED) is 0.730. The van der Waals surface area contributed by atoms with Crippen LogP contribution in [0.3, 0.4) is 0 Å². The summed E-state index contributed by atoms with van der Waals surface area (Å²) in [6.07, 6.45) is 0.584. The highest BCUT2D eigenvalue weighted by Gasteiger charge is 2.41. The number of phenolic OH excluding ortho intramolecular Hbond substituents is 1. The summed E-state index contributed by atoms with van der Waals surface area (Å²) in [6, 6.07) is 19.7. The number of benzene rings is 2. The number of ether oxygens (including phenoxy) is 1. The molecule has 4 nitrogen and oxygen atoms in total. The minimum absolute atomic E-state index is 0.148. The second kappa shape index (κ2) is 5.63. The fourth-order valence-electron chi connectivity index (χ4n) is 3.51. The average Bonchev–Trinajstić information content (AvgIpc) is 3.31. The molecule has 0 saturated carbocycles. The Morgan fingerprint density at radius 1 is 1.08 bits per heavy atom. The van der Waals surface area contributed by atoms with E-state index in [1.165, 1.54) is 0 Å². The van der Waals surface area contributed by atoms with Crippen molar-refractivity contribution >= 4 is 17.0 Å². The normalized spacial score (nSPS) is 21.3. The van der Waals surface area contributed by atoms with Crippen molar-refractivity contribution in [1.82, 2.24) is 5.01 Å². The zero-order valence-electron chi connectivity index (χ0n) is 13.4. The van der Waals surface area contributed by atoms with Crippen LogP contribution in [-0.4, -0.2) is 15.8 Å². The van der Waals surface area contributed by atoms with Crippen molar-refractivity contribution in [2.45, 2.75) is 18.7 Å². The van der Waals surface area contributed by atoms with Crippen LogP contribution in [-0.2, 0) is 0 Å². The molecule has 0 saturated heterocycles. The van der Waals surface area contributed by atoms with E-state index in [1.807, 2.05) is 36.4 Å². The van der Waals surface area contributed by atoms with E-state index in [0.717, 1.165) is 33.9 Å². The van der Waals surface area contributed by atoms with Crippen molar-refractivity contribution in [3.05, 3.63) is 82.0 Å². The fraction of sp³-hybridized carbons (Fsp3) is 0.150. The molecule has 0 spiro atoms. The zero-order chi connectivity index (χ0) is 16.8. The van der Waals surface area contributed by atoms with Gasteiger partial charge in [0.25, 0.3) is 0 Å². The van der Waals surface area contributed by atoms with Gasteiger partial charge in [-0.05, 0) is 29.6 Å².